The Morgan fingerprint density at radius 1 is 0.867 bits per heavy atom. The van der Waals surface area contributed by atoms with Crippen molar-refractivity contribution in [2.75, 3.05) is 20.0 Å². The van der Waals surface area contributed by atoms with E-state index in [1.807, 2.05) is 18.2 Å². The van der Waals surface area contributed by atoms with Crippen molar-refractivity contribution >= 4 is 29.0 Å². The van der Waals surface area contributed by atoms with Crippen molar-refractivity contribution < 1.29 is 9.47 Å². The van der Waals surface area contributed by atoms with Crippen molar-refractivity contribution in [3.63, 3.8) is 0 Å². The Hall–Kier alpha value is -3.24. The van der Waals surface area contributed by atoms with Gasteiger partial charge in [0, 0.05) is 16.9 Å². The lowest BCUT2D eigenvalue weighted by Gasteiger charge is -2.29. The summed E-state index contributed by atoms with van der Waals surface area (Å²) >= 11 is 0. The number of ether oxygens (including phenoxy) is 2. The number of nitrogens with zero attached hydrogens (tertiary/aromatic N) is 1. The Balaban J connectivity index is 0.00000218. The van der Waals surface area contributed by atoms with E-state index >= 15 is 0 Å². The van der Waals surface area contributed by atoms with Crippen LogP contribution in [0.4, 0.5) is 5.82 Å². The highest BCUT2D eigenvalue weighted by molar-refractivity contribution is 5.98. The maximum atomic E-state index is 6.36. The Kier molecular flexibility index (Phi) is 5.27. The van der Waals surface area contributed by atoms with Crippen LogP contribution < -0.4 is 15.2 Å². The second kappa shape index (κ2) is 7.88. The topological polar surface area (TPSA) is 57.4 Å². The van der Waals surface area contributed by atoms with Gasteiger partial charge in [0.05, 0.1) is 19.9 Å². The Morgan fingerprint density at radius 3 is 2.33 bits per heavy atom. The first-order chi connectivity index (χ1) is 14.2. The molecule has 30 heavy (non-hydrogen) atoms. The number of hydrogen-bond acceptors (Lipinski definition) is 4. The number of benzene rings is 3. The average molecular weight is 419 g/mol. The summed E-state index contributed by atoms with van der Waals surface area (Å²) < 4.78 is 11.0. The van der Waals surface area contributed by atoms with Crippen LogP contribution in [0.1, 0.15) is 22.6 Å². The van der Waals surface area contributed by atoms with Crippen molar-refractivity contribution in [1.82, 2.24) is 4.98 Å². The summed E-state index contributed by atoms with van der Waals surface area (Å²) in [5.74, 6) is 2.19. The molecule has 0 bridgehead atoms. The summed E-state index contributed by atoms with van der Waals surface area (Å²) in [6.45, 7) is 0. The third-order valence-corrected chi connectivity index (χ3v) is 5.84. The van der Waals surface area contributed by atoms with E-state index in [9.17, 15) is 0 Å². The van der Waals surface area contributed by atoms with Crippen LogP contribution in [0.3, 0.4) is 0 Å². The van der Waals surface area contributed by atoms with Crippen LogP contribution in [-0.2, 0) is 6.42 Å². The number of anilines is 1. The molecule has 0 aliphatic heterocycles. The van der Waals surface area contributed by atoms with Gasteiger partial charge in [-0.15, -0.1) is 12.4 Å². The number of fused-ring (bicyclic) bond motifs is 5. The molecular formula is C25H23ClN2O2. The maximum Gasteiger partial charge on any atom is 0.161 e. The number of aromatic nitrogens is 1. The molecule has 152 valence electrons. The first-order valence-corrected chi connectivity index (χ1v) is 9.69. The summed E-state index contributed by atoms with van der Waals surface area (Å²) in [5, 5.41) is 2.15. The highest BCUT2D eigenvalue weighted by Gasteiger charge is 2.30. The zero-order valence-corrected chi connectivity index (χ0v) is 17.7. The summed E-state index contributed by atoms with van der Waals surface area (Å²) in [7, 11) is 3.33. The number of rotatable bonds is 3. The van der Waals surface area contributed by atoms with Crippen molar-refractivity contribution in [3.05, 3.63) is 83.4 Å². The molecule has 4 aromatic rings. The van der Waals surface area contributed by atoms with Gasteiger partial charge in [0.25, 0.3) is 0 Å². The zero-order valence-electron chi connectivity index (χ0n) is 16.9. The first kappa shape index (κ1) is 20.0. The predicted molar refractivity (Wildman–Crippen MR) is 124 cm³/mol. The highest BCUT2D eigenvalue weighted by Crippen LogP contribution is 2.46. The van der Waals surface area contributed by atoms with E-state index in [2.05, 4.69) is 48.5 Å². The minimum Gasteiger partial charge on any atom is -0.493 e. The van der Waals surface area contributed by atoms with Gasteiger partial charge in [-0.1, -0.05) is 54.6 Å². The molecule has 2 N–H and O–H groups in total. The Morgan fingerprint density at radius 2 is 1.57 bits per heavy atom. The van der Waals surface area contributed by atoms with Crippen LogP contribution in [0, 0.1) is 0 Å². The second-order valence-corrected chi connectivity index (χ2v) is 7.33. The van der Waals surface area contributed by atoms with Crippen molar-refractivity contribution in [3.8, 4) is 22.8 Å². The minimum atomic E-state index is 0. The smallest absolute Gasteiger partial charge is 0.161 e. The molecule has 0 radical (unpaired) electrons. The van der Waals surface area contributed by atoms with E-state index in [0.717, 1.165) is 39.9 Å². The molecule has 1 atom stereocenters. The number of methoxy groups -OCH3 is 2. The van der Waals surface area contributed by atoms with Gasteiger partial charge >= 0.3 is 0 Å². The number of pyridine rings is 1. The largest absolute Gasteiger partial charge is 0.493 e. The molecule has 0 amide bonds. The average Bonchev–Trinajstić information content (AvgIpc) is 2.78. The van der Waals surface area contributed by atoms with E-state index in [1.165, 1.54) is 16.7 Å². The van der Waals surface area contributed by atoms with Gasteiger partial charge in [-0.2, -0.15) is 0 Å². The summed E-state index contributed by atoms with van der Waals surface area (Å²) in [6, 6.07) is 22.9. The number of nitrogen functional groups attached to an aromatic ring is 1. The molecule has 3 aromatic carbocycles. The van der Waals surface area contributed by atoms with Gasteiger partial charge in [-0.25, -0.2) is 4.98 Å². The summed E-state index contributed by atoms with van der Waals surface area (Å²) in [4.78, 5) is 4.86. The van der Waals surface area contributed by atoms with Gasteiger partial charge in [0.2, 0.25) is 0 Å². The molecule has 0 fully saturated rings. The molecule has 0 saturated carbocycles. The molecule has 1 aliphatic rings. The lowest BCUT2D eigenvalue weighted by molar-refractivity contribution is 0.354. The molecular weight excluding hydrogens is 396 g/mol. The Labute approximate surface area is 182 Å². The number of halogens is 1. The van der Waals surface area contributed by atoms with Crippen LogP contribution in [0.5, 0.6) is 11.5 Å². The zero-order chi connectivity index (χ0) is 20.0. The van der Waals surface area contributed by atoms with Gasteiger partial charge in [0.1, 0.15) is 5.82 Å². The third-order valence-electron chi connectivity index (χ3n) is 5.84. The second-order valence-electron chi connectivity index (χ2n) is 7.33. The monoisotopic (exact) mass is 418 g/mol. The lowest BCUT2D eigenvalue weighted by atomic mass is 9.76. The third kappa shape index (κ3) is 3.04. The standard InChI is InChI=1S/C25H22N2O2.ClH/c1-28-21-12-11-16(14-22(21)29-2)20-13-15-7-3-4-8-17(15)24-23(20)18-9-5-6-10-19(18)25(26)27-24;/h3-12,14,20H,13H2,1-2H3,(H2,26,27);1H. The highest BCUT2D eigenvalue weighted by atomic mass is 35.5. The van der Waals surface area contributed by atoms with Crippen molar-refractivity contribution in [2.45, 2.75) is 12.3 Å². The molecule has 5 heteroatoms. The SMILES string of the molecule is COc1ccc(C2Cc3ccccc3-c3nc(N)c4ccccc4c32)cc1OC.Cl. The fourth-order valence-electron chi connectivity index (χ4n) is 4.47. The molecule has 1 unspecified atom stereocenters. The van der Waals surface area contributed by atoms with E-state index < -0.39 is 0 Å². The van der Waals surface area contributed by atoms with E-state index in [0.29, 0.717) is 5.82 Å². The molecule has 4 nitrogen and oxygen atoms in total. The fourth-order valence-corrected chi connectivity index (χ4v) is 4.47. The quantitative estimate of drug-likeness (QED) is 0.469. The number of hydrogen-bond donors (Lipinski definition) is 1. The summed E-state index contributed by atoms with van der Waals surface area (Å²) in [5.41, 5.74) is 12.2. The summed E-state index contributed by atoms with van der Waals surface area (Å²) in [6.07, 6.45) is 0.897. The van der Waals surface area contributed by atoms with Gasteiger partial charge in [0.15, 0.2) is 11.5 Å². The van der Waals surface area contributed by atoms with Gasteiger partial charge in [-0.05, 0) is 40.6 Å². The van der Waals surface area contributed by atoms with Crippen molar-refractivity contribution in [2.24, 2.45) is 0 Å². The predicted octanol–water partition coefficient (Wildman–Crippen LogP) is 5.61. The first-order valence-electron chi connectivity index (χ1n) is 9.69. The molecule has 5 rings (SSSR count). The van der Waals surface area contributed by atoms with E-state index in [1.54, 1.807) is 14.2 Å². The molecule has 0 saturated heterocycles. The van der Waals surface area contributed by atoms with Gasteiger partial charge < -0.3 is 15.2 Å². The molecule has 0 spiro atoms. The van der Waals surface area contributed by atoms with Crippen LogP contribution in [0.15, 0.2) is 66.7 Å². The van der Waals surface area contributed by atoms with Crippen molar-refractivity contribution in [1.29, 1.82) is 0 Å². The number of nitrogens with two attached hydrogens (primary N) is 1. The van der Waals surface area contributed by atoms with Gasteiger partial charge in [-0.3, -0.25) is 0 Å². The van der Waals surface area contributed by atoms with E-state index in [-0.39, 0.29) is 18.3 Å². The van der Waals surface area contributed by atoms with Crippen LogP contribution in [0.25, 0.3) is 22.0 Å². The van der Waals surface area contributed by atoms with E-state index in [4.69, 9.17) is 20.2 Å². The normalized spacial score (nSPS) is 14.4. The lowest BCUT2D eigenvalue weighted by Crippen LogP contribution is -2.15. The Bertz CT molecular complexity index is 1240. The maximum absolute atomic E-state index is 6.36. The minimum absolute atomic E-state index is 0. The van der Waals surface area contributed by atoms with Crippen LogP contribution in [-0.4, -0.2) is 19.2 Å². The fraction of sp³-hybridized carbons (Fsp3) is 0.160. The molecule has 1 heterocycles. The molecule has 1 aromatic heterocycles. The van der Waals surface area contributed by atoms with Crippen LogP contribution >= 0.6 is 12.4 Å². The van der Waals surface area contributed by atoms with Crippen LogP contribution in [0.2, 0.25) is 0 Å². The molecule has 1 aliphatic carbocycles.